The Morgan fingerprint density at radius 1 is 1.16 bits per heavy atom. The molecule has 1 aromatic carbocycles. The molecule has 4 nitrogen and oxygen atoms in total. The summed E-state index contributed by atoms with van der Waals surface area (Å²) >= 11 is 0. The summed E-state index contributed by atoms with van der Waals surface area (Å²) in [6, 6.07) is 9.23. The van der Waals surface area contributed by atoms with Gasteiger partial charge in [-0.05, 0) is 44.4 Å². The second-order valence-electron chi connectivity index (χ2n) is 7.82. The van der Waals surface area contributed by atoms with Gasteiger partial charge < -0.3 is 10.6 Å². The lowest BCUT2D eigenvalue weighted by Crippen LogP contribution is -2.39. The van der Waals surface area contributed by atoms with E-state index in [1.54, 1.807) is 0 Å². The lowest BCUT2D eigenvalue weighted by atomic mass is 9.94. The highest BCUT2D eigenvalue weighted by Gasteiger charge is 2.19. The third-order valence-corrected chi connectivity index (χ3v) is 5.46. The molecule has 1 atom stereocenters. The predicted molar refractivity (Wildman–Crippen MR) is 106 cm³/mol. The van der Waals surface area contributed by atoms with Crippen LogP contribution in [0.2, 0.25) is 0 Å². The van der Waals surface area contributed by atoms with Gasteiger partial charge in [0.05, 0.1) is 6.54 Å². The van der Waals surface area contributed by atoms with Gasteiger partial charge in [-0.1, -0.05) is 51.3 Å². The smallest absolute Gasteiger partial charge is 0.239 e. The zero-order valence-corrected chi connectivity index (χ0v) is 16.3. The topological polar surface area (TPSA) is 44.4 Å². The molecule has 0 radical (unpaired) electrons. The third kappa shape index (κ3) is 6.35. The van der Waals surface area contributed by atoms with Crippen molar-refractivity contribution in [3.63, 3.8) is 0 Å². The van der Waals surface area contributed by atoms with Gasteiger partial charge in [0.15, 0.2) is 0 Å². The van der Waals surface area contributed by atoms with Crippen molar-refractivity contribution in [3.05, 3.63) is 29.8 Å². The van der Waals surface area contributed by atoms with Crippen LogP contribution < -0.4 is 10.6 Å². The SMILES string of the molecule is CC(C)C(C)NC(=O)CNc1ccccc1CN(C)C1CCCCC1. The lowest BCUT2D eigenvalue weighted by molar-refractivity contribution is -0.120. The number of hydrogen-bond acceptors (Lipinski definition) is 3. The molecule has 1 aromatic rings. The second-order valence-corrected chi connectivity index (χ2v) is 7.82. The van der Waals surface area contributed by atoms with Crippen molar-refractivity contribution in [2.24, 2.45) is 5.92 Å². The van der Waals surface area contributed by atoms with Crippen LogP contribution in [0.3, 0.4) is 0 Å². The molecule has 0 bridgehead atoms. The third-order valence-electron chi connectivity index (χ3n) is 5.46. The fourth-order valence-electron chi connectivity index (χ4n) is 3.40. The quantitative estimate of drug-likeness (QED) is 0.748. The molecule has 0 aliphatic heterocycles. The minimum absolute atomic E-state index is 0.0524. The Balaban J connectivity index is 1.90. The van der Waals surface area contributed by atoms with Crippen LogP contribution >= 0.6 is 0 Å². The molecule has 2 rings (SSSR count). The number of nitrogens with zero attached hydrogens (tertiary/aromatic N) is 1. The molecule has 1 fully saturated rings. The molecule has 0 saturated heterocycles. The number of carbonyl (C=O) groups is 1. The Bertz CT molecular complexity index is 538. The highest BCUT2D eigenvalue weighted by atomic mass is 16.1. The number of carbonyl (C=O) groups excluding carboxylic acids is 1. The van der Waals surface area contributed by atoms with E-state index in [-0.39, 0.29) is 11.9 Å². The Morgan fingerprint density at radius 3 is 2.52 bits per heavy atom. The number of hydrogen-bond donors (Lipinski definition) is 2. The van der Waals surface area contributed by atoms with E-state index < -0.39 is 0 Å². The van der Waals surface area contributed by atoms with Crippen molar-refractivity contribution in [2.75, 3.05) is 18.9 Å². The first-order valence-corrected chi connectivity index (χ1v) is 9.78. The molecular weight excluding hydrogens is 310 g/mol. The number of benzene rings is 1. The van der Waals surface area contributed by atoms with Gasteiger partial charge in [0.1, 0.15) is 0 Å². The summed E-state index contributed by atoms with van der Waals surface area (Å²) in [6.07, 6.45) is 6.70. The molecule has 1 unspecified atom stereocenters. The fraction of sp³-hybridized carbons (Fsp3) is 0.667. The van der Waals surface area contributed by atoms with Crippen molar-refractivity contribution >= 4 is 11.6 Å². The lowest BCUT2D eigenvalue weighted by Gasteiger charge is -2.31. The zero-order valence-electron chi connectivity index (χ0n) is 16.3. The van der Waals surface area contributed by atoms with E-state index in [2.05, 4.69) is 61.6 Å². The molecule has 0 aromatic heterocycles. The summed E-state index contributed by atoms with van der Waals surface area (Å²) in [4.78, 5) is 14.6. The average molecular weight is 346 g/mol. The standard InChI is InChI=1S/C21H35N3O/c1-16(2)17(3)23-21(25)14-22-20-13-9-8-10-18(20)15-24(4)19-11-6-5-7-12-19/h8-10,13,16-17,19,22H,5-7,11-12,14-15H2,1-4H3,(H,23,25). The Morgan fingerprint density at radius 2 is 1.84 bits per heavy atom. The number of amides is 1. The van der Waals surface area contributed by atoms with Gasteiger partial charge in [-0.3, -0.25) is 9.69 Å². The molecular formula is C21H35N3O. The van der Waals surface area contributed by atoms with Crippen LogP contribution in [0.15, 0.2) is 24.3 Å². The highest BCUT2D eigenvalue weighted by molar-refractivity contribution is 5.81. The Labute approximate surface area is 153 Å². The van der Waals surface area contributed by atoms with Gasteiger partial charge in [0, 0.05) is 24.3 Å². The van der Waals surface area contributed by atoms with E-state index >= 15 is 0 Å². The summed E-state index contributed by atoms with van der Waals surface area (Å²) < 4.78 is 0. The first kappa shape index (κ1) is 19.8. The predicted octanol–water partition coefficient (Wildman–Crippen LogP) is 4.02. The van der Waals surface area contributed by atoms with Gasteiger partial charge in [0.25, 0.3) is 0 Å². The molecule has 4 heteroatoms. The van der Waals surface area contributed by atoms with Crippen LogP contribution in [-0.4, -0.2) is 36.5 Å². The van der Waals surface area contributed by atoms with E-state index in [1.807, 2.05) is 6.07 Å². The first-order chi connectivity index (χ1) is 12.0. The van der Waals surface area contributed by atoms with E-state index in [0.29, 0.717) is 18.5 Å². The largest absolute Gasteiger partial charge is 0.376 e. The van der Waals surface area contributed by atoms with Crippen molar-refractivity contribution in [3.8, 4) is 0 Å². The normalized spacial score (nSPS) is 16.9. The summed E-state index contributed by atoms with van der Waals surface area (Å²) in [5.41, 5.74) is 2.33. The van der Waals surface area contributed by atoms with Crippen LogP contribution in [-0.2, 0) is 11.3 Å². The molecule has 1 saturated carbocycles. The van der Waals surface area contributed by atoms with Gasteiger partial charge in [0.2, 0.25) is 5.91 Å². The monoisotopic (exact) mass is 345 g/mol. The second kappa shape index (κ2) is 9.81. The fourth-order valence-corrected chi connectivity index (χ4v) is 3.40. The summed E-state index contributed by atoms with van der Waals surface area (Å²) in [5, 5.41) is 6.38. The Hall–Kier alpha value is -1.55. The molecule has 0 heterocycles. The van der Waals surface area contributed by atoms with Gasteiger partial charge in [-0.2, -0.15) is 0 Å². The van der Waals surface area contributed by atoms with Crippen LogP contribution in [0.1, 0.15) is 58.4 Å². The van der Waals surface area contributed by atoms with Crippen LogP contribution in [0, 0.1) is 5.92 Å². The maximum absolute atomic E-state index is 12.1. The number of rotatable bonds is 8. The van der Waals surface area contributed by atoms with E-state index in [0.717, 1.165) is 12.2 Å². The highest BCUT2D eigenvalue weighted by Crippen LogP contribution is 2.24. The molecule has 1 aliphatic rings. The first-order valence-electron chi connectivity index (χ1n) is 9.78. The average Bonchev–Trinajstić information content (AvgIpc) is 2.61. The molecule has 1 amide bonds. The van der Waals surface area contributed by atoms with Crippen molar-refractivity contribution in [2.45, 2.75) is 71.5 Å². The molecule has 1 aliphatic carbocycles. The van der Waals surface area contributed by atoms with Crippen molar-refractivity contribution < 1.29 is 4.79 Å². The van der Waals surface area contributed by atoms with Crippen LogP contribution in [0.4, 0.5) is 5.69 Å². The van der Waals surface area contributed by atoms with Crippen molar-refractivity contribution in [1.82, 2.24) is 10.2 Å². The van der Waals surface area contributed by atoms with Gasteiger partial charge >= 0.3 is 0 Å². The van der Waals surface area contributed by atoms with E-state index in [9.17, 15) is 4.79 Å². The van der Waals surface area contributed by atoms with Crippen LogP contribution in [0.25, 0.3) is 0 Å². The molecule has 25 heavy (non-hydrogen) atoms. The number of para-hydroxylation sites is 1. The van der Waals surface area contributed by atoms with E-state index in [4.69, 9.17) is 0 Å². The molecule has 2 N–H and O–H groups in total. The minimum atomic E-state index is 0.0524. The summed E-state index contributed by atoms with van der Waals surface area (Å²) in [6.45, 7) is 7.54. The molecule has 140 valence electrons. The van der Waals surface area contributed by atoms with Crippen molar-refractivity contribution in [1.29, 1.82) is 0 Å². The molecule has 0 spiro atoms. The van der Waals surface area contributed by atoms with Crippen LogP contribution in [0.5, 0.6) is 0 Å². The maximum Gasteiger partial charge on any atom is 0.239 e. The van der Waals surface area contributed by atoms with E-state index in [1.165, 1.54) is 37.7 Å². The zero-order chi connectivity index (χ0) is 18.2. The maximum atomic E-state index is 12.1. The summed E-state index contributed by atoms with van der Waals surface area (Å²) in [7, 11) is 2.23. The van der Waals surface area contributed by atoms with Gasteiger partial charge in [-0.25, -0.2) is 0 Å². The Kier molecular flexibility index (Phi) is 7.76. The van der Waals surface area contributed by atoms with Gasteiger partial charge in [-0.15, -0.1) is 0 Å². The summed E-state index contributed by atoms with van der Waals surface area (Å²) in [5.74, 6) is 0.497. The number of nitrogens with one attached hydrogen (secondary N) is 2. The number of anilines is 1. The minimum Gasteiger partial charge on any atom is -0.376 e.